The molecule has 2 rings (SSSR count). The molecule has 92 valence electrons. The zero-order chi connectivity index (χ0) is 13.0. The van der Waals surface area contributed by atoms with E-state index in [2.05, 4.69) is 4.98 Å². The van der Waals surface area contributed by atoms with E-state index < -0.39 is 4.92 Å². The number of aromatic nitrogens is 1. The highest BCUT2D eigenvalue weighted by atomic mass is 16.6. The van der Waals surface area contributed by atoms with Gasteiger partial charge in [0.2, 0.25) is 5.88 Å². The number of aliphatic hydroxyl groups is 1. The van der Waals surface area contributed by atoms with Gasteiger partial charge < -0.3 is 9.84 Å². The smallest absolute Gasteiger partial charge is 0.273 e. The minimum absolute atomic E-state index is 0.0611. The number of nitrogens with zero attached hydrogens (tertiary/aromatic N) is 2. The van der Waals surface area contributed by atoms with Gasteiger partial charge in [-0.2, -0.15) is 0 Å². The average Bonchev–Trinajstić information content (AvgIpc) is 2.39. The Morgan fingerprint density at radius 3 is 2.89 bits per heavy atom. The fraction of sp³-hybridized carbons (Fsp3) is 0.0833. The first-order valence-electron chi connectivity index (χ1n) is 5.18. The summed E-state index contributed by atoms with van der Waals surface area (Å²) in [6.45, 7) is -0.210. The Hall–Kier alpha value is -2.47. The summed E-state index contributed by atoms with van der Waals surface area (Å²) in [6.07, 6.45) is 1.52. The molecule has 18 heavy (non-hydrogen) atoms. The summed E-state index contributed by atoms with van der Waals surface area (Å²) in [5.41, 5.74) is 0.456. The number of hydrogen-bond donors (Lipinski definition) is 1. The van der Waals surface area contributed by atoms with Crippen LogP contribution in [0.2, 0.25) is 0 Å². The summed E-state index contributed by atoms with van der Waals surface area (Å²) in [5, 5.41) is 19.7. The lowest BCUT2D eigenvalue weighted by Gasteiger charge is -2.07. The van der Waals surface area contributed by atoms with E-state index in [9.17, 15) is 10.1 Å². The van der Waals surface area contributed by atoms with Gasteiger partial charge in [-0.1, -0.05) is 6.07 Å². The standard InChI is InChI=1S/C12H10N2O4/c15-8-9-3-2-6-13-12(9)18-11-5-1-4-10(7-11)14(16)17/h1-7,15H,8H2. The second kappa shape index (κ2) is 5.24. The molecule has 2 aromatic rings. The highest BCUT2D eigenvalue weighted by molar-refractivity contribution is 5.40. The molecule has 0 bridgehead atoms. The van der Waals surface area contributed by atoms with Gasteiger partial charge in [0.1, 0.15) is 5.75 Å². The Balaban J connectivity index is 2.28. The lowest BCUT2D eigenvalue weighted by Crippen LogP contribution is -1.95. The second-order valence-electron chi connectivity index (χ2n) is 3.48. The largest absolute Gasteiger partial charge is 0.438 e. The van der Waals surface area contributed by atoms with Gasteiger partial charge in [-0.3, -0.25) is 10.1 Å². The summed E-state index contributed by atoms with van der Waals surface area (Å²) < 4.78 is 5.42. The molecule has 6 heteroatoms. The normalized spacial score (nSPS) is 10.1. The summed E-state index contributed by atoms with van der Waals surface area (Å²) in [4.78, 5) is 14.1. The number of ether oxygens (including phenoxy) is 1. The van der Waals surface area contributed by atoms with Gasteiger partial charge in [-0.25, -0.2) is 4.98 Å². The molecule has 1 N–H and O–H groups in total. The van der Waals surface area contributed by atoms with E-state index in [0.717, 1.165) is 0 Å². The first kappa shape index (κ1) is 12.0. The SMILES string of the molecule is O=[N+]([O-])c1cccc(Oc2ncccc2CO)c1. The summed E-state index contributed by atoms with van der Waals surface area (Å²) in [7, 11) is 0. The number of pyridine rings is 1. The van der Waals surface area contributed by atoms with Gasteiger partial charge in [0.05, 0.1) is 17.6 Å². The average molecular weight is 246 g/mol. The summed E-state index contributed by atoms with van der Waals surface area (Å²) in [6, 6.07) is 9.12. The number of aliphatic hydroxyl groups excluding tert-OH is 1. The Morgan fingerprint density at radius 1 is 1.33 bits per heavy atom. The van der Waals surface area contributed by atoms with Crippen molar-refractivity contribution in [3.63, 3.8) is 0 Å². The summed E-state index contributed by atoms with van der Waals surface area (Å²) >= 11 is 0. The van der Waals surface area contributed by atoms with Crippen molar-refractivity contribution in [3.8, 4) is 11.6 Å². The maximum atomic E-state index is 10.6. The van der Waals surface area contributed by atoms with E-state index in [0.29, 0.717) is 11.3 Å². The van der Waals surface area contributed by atoms with Crippen molar-refractivity contribution in [2.45, 2.75) is 6.61 Å². The summed E-state index contributed by atoms with van der Waals surface area (Å²) in [5.74, 6) is 0.540. The highest BCUT2D eigenvalue weighted by Gasteiger charge is 2.09. The predicted octanol–water partition coefficient (Wildman–Crippen LogP) is 2.27. The molecule has 1 heterocycles. The van der Waals surface area contributed by atoms with Gasteiger partial charge in [-0.05, 0) is 18.2 Å². The molecule has 0 aliphatic rings. The van der Waals surface area contributed by atoms with Gasteiger partial charge in [-0.15, -0.1) is 0 Å². The van der Waals surface area contributed by atoms with Crippen molar-refractivity contribution in [3.05, 3.63) is 58.3 Å². The van der Waals surface area contributed by atoms with E-state index in [1.807, 2.05) is 0 Å². The lowest BCUT2D eigenvalue weighted by atomic mass is 10.3. The quantitative estimate of drug-likeness (QED) is 0.660. The third-order valence-corrected chi connectivity index (χ3v) is 2.26. The molecular weight excluding hydrogens is 236 g/mol. The number of benzene rings is 1. The number of nitro benzene ring substituents is 1. The molecule has 0 unspecified atom stereocenters. The lowest BCUT2D eigenvalue weighted by molar-refractivity contribution is -0.384. The highest BCUT2D eigenvalue weighted by Crippen LogP contribution is 2.25. The molecule has 1 aromatic carbocycles. The molecule has 6 nitrogen and oxygen atoms in total. The topological polar surface area (TPSA) is 85.5 Å². The van der Waals surface area contributed by atoms with Gasteiger partial charge in [0.25, 0.3) is 5.69 Å². The minimum Gasteiger partial charge on any atom is -0.438 e. The minimum atomic E-state index is -0.502. The van der Waals surface area contributed by atoms with Crippen LogP contribution in [0.15, 0.2) is 42.6 Å². The van der Waals surface area contributed by atoms with Crippen LogP contribution < -0.4 is 4.74 Å². The van der Waals surface area contributed by atoms with Gasteiger partial charge in [0.15, 0.2) is 0 Å². The Bertz CT molecular complexity index is 572. The molecule has 0 atom stereocenters. The number of non-ortho nitro benzene ring substituents is 1. The molecule has 0 saturated carbocycles. The third-order valence-electron chi connectivity index (χ3n) is 2.26. The molecule has 0 radical (unpaired) electrons. The molecule has 0 aliphatic carbocycles. The number of hydrogen-bond acceptors (Lipinski definition) is 5. The number of nitro groups is 1. The third kappa shape index (κ3) is 2.61. The molecule has 0 saturated heterocycles. The van der Waals surface area contributed by atoms with Crippen LogP contribution in [-0.4, -0.2) is 15.0 Å². The van der Waals surface area contributed by atoms with Crippen LogP contribution in [-0.2, 0) is 6.61 Å². The van der Waals surface area contributed by atoms with Crippen molar-refractivity contribution in [2.75, 3.05) is 0 Å². The van der Waals surface area contributed by atoms with Crippen LogP contribution in [0.3, 0.4) is 0 Å². The van der Waals surface area contributed by atoms with Crippen molar-refractivity contribution in [1.29, 1.82) is 0 Å². The predicted molar refractivity (Wildman–Crippen MR) is 63.3 cm³/mol. The van der Waals surface area contributed by atoms with Crippen LogP contribution >= 0.6 is 0 Å². The molecule has 0 amide bonds. The zero-order valence-electron chi connectivity index (χ0n) is 9.31. The Labute approximate surface area is 103 Å². The van der Waals surface area contributed by atoms with Crippen LogP contribution in [0, 0.1) is 10.1 Å². The van der Waals surface area contributed by atoms with Crippen molar-refractivity contribution in [1.82, 2.24) is 4.98 Å². The monoisotopic (exact) mass is 246 g/mol. The fourth-order valence-corrected chi connectivity index (χ4v) is 1.41. The van der Waals surface area contributed by atoms with E-state index >= 15 is 0 Å². The van der Waals surface area contributed by atoms with E-state index in [-0.39, 0.29) is 18.2 Å². The van der Waals surface area contributed by atoms with Crippen LogP contribution in [0.1, 0.15) is 5.56 Å². The molecule has 0 spiro atoms. The van der Waals surface area contributed by atoms with Crippen molar-refractivity contribution >= 4 is 5.69 Å². The van der Waals surface area contributed by atoms with Gasteiger partial charge in [0, 0.05) is 17.8 Å². The molecule has 0 fully saturated rings. The van der Waals surface area contributed by atoms with Crippen molar-refractivity contribution < 1.29 is 14.8 Å². The maximum Gasteiger partial charge on any atom is 0.273 e. The number of rotatable bonds is 4. The maximum absolute atomic E-state index is 10.6. The van der Waals surface area contributed by atoms with Crippen LogP contribution in [0.5, 0.6) is 11.6 Å². The zero-order valence-corrected chi connectivity index (χ0v) is 9.31. The molecule has 1 aromatic heterocycles. The Kier molecular flexibility index (Phi) is 3.49. The van der Waals surface area contributed by atoms with Crippen LogP contribution in [0.4, 0.5) is 5.69 Å². The van der Waals surface area contributed by atoms with Crippen LogP contribution in [0.25, 0.3) is 0 Å². The van der Waals surface area contributed by atoms with E-state index in [1.165, 1.54) is 24.4 Å². The first-order chi connectivity index (χ1) is 8.70. The molecule has 0 aliphatic heterocycles. The molecular formula is C12H10N2O4. The van der Waals surface area contributed by atoms with E-state index in [1.54, 1.807) is 18.2 Å². The van der Waals surface area contributed by atoms with Gasteiger partial charge >= 0.3 is 0 Å². The first-order valence-corrected chi connectivity index (χ1v) is 5.18. The van der Waals surface area contributed by atoms with Crippen molar-refractivity contribution in [2.24, 2.45) is 0 Å². The Morgan fingerprint density at radius 2 is 2.17 bits per heavy atom. The van der Waals surface area contributed by atoms with E-state index in [4.69, 9.17) is 9.84 Å². The fourth-order valence-electron chi connectivity index (χ4n) is 1.41. The second-order valence-corrected chi connectivity index (χ2v) is 3.48.